The van der Waals surface area contributed by atoms with E-state index in [9.17, 15) is 4.79 Å². The van der Waals surface area contributed by atoms with Crippen LogP contribution in [-0.4, -0.2) is 19.3 Å². The summed E-state index contributed by atoms with van der Waals surface area (Å²) in [5.41, 5.74) is 2.63. The number of aromatic nitrogens is 4. The van der Waals surface area contributed by atoms with Crippen molar-refractivity contribution in [2.24, 2.45) is 5.92 Å². The van der Waals surface area contributed by atoms with E-state index >= 15 is 0 Å². The largest absolute Gasteiger partial charge is 0.350 e. The fraction of sp³-hybridized carbons (Fsp3) is 0.458. The molecule has 0 spiro atoms. The van der Waals surface area contributed by atoms with Crippen LogP contribution in [-0.2, 0) is 6.54 Å². The lowest BCUT2D eigenvalue weighted by Crippen LogP contribution is -2.25. The lowest BCUT2D eigenvalue weighted by atomic mass is 9.87. The summed E-state index contributed by atoms with van der Waals surface area (Å²) in [7, 11) is 0. The SMILES string of the molecule is CC(C)c1ccc(-n2c(-c3ccncc3Cl)nn(CCC3CCCCC3)c2=O)cc1. The minimum absolute atomic E-state index is 0.119. The molecule has 3 aromatic rings. The van der Waals surface area contributed by atoms with E-state index in [1.54, 1.807) is 21.6 Å². The van der Waals surface area contributed by atoms with Gasteiger partial charge in [0.25, 0.3) is 0 Å². The second-order valence-electron chi connectivity index (χ2n) is 8.56. The molecule has 1 aliphatic carbocycles. The number of rotatable bonds is 6. The summed E-state index contributed by atoms with van der Waals surface area (Å²) >= 11 is 6.42. The predicted molar refractivity (Wildman–Crippen MR) is 121 cm³/mol. The first-order chi connectivity index (χ1) is 14.5. The molecule has 30 heavy (non-hydrogen) atoms. The van der Waals surface area contributed by atoms with Gasteiger partial charge in [-0.1, -0.05) is 69.7 Å². The maximum absolute atomic E-state index is 13.4. The van der Waals surface area contributed by atoms with Crippen molar-refractivity contribution in [3.63, 3.8) is 0 Å². The first-order valence-electron chi connectivity index (χ1n) is 10.9. The number of pyridine rings is 1. The Morgan fingerprint density at radius 3 is 2.50 bits per heavy atom. The van der Waals surface area contributed by atoms with Crippen LogP contribution >= 0.6 is 11.6 Å². The van der Waals surface area contributed by atoms with Gasteiger partial charge in [-0.15, -0.1) is 5.10 Å². The van der Waals surface area contributed by atoms with Crippen LogP contribution in [0.15, 0.2) is 47.5 Å². The summed E-state index contributed by atoms with van der Waals surface area (Å²) in [5, 5.41) is 5.20. The number of nitrogens with zero attached hydrogens (tertiary/aromatic N) is 4. The zero-order valence-corrected chi connectivity index (χ0v) is 18.5. The summed E-state index contributed by atoms with van der Waals surface area (Å²) < 4.78 is 3.28. The van der Waals surface area contributed by atoms with Crippen molar-refractivity contribution in [3.8, 4) is 17.1 Å². The number of hydrogen-bond acceptors (Lipinski definition) is 3. The fourth-order valence-electron chi connectivity index (χ4n) is 4.31. The highest BCUT2D eigenvalue weighted by molar-refractivity contribution is 6.33. The first kappa shape index (κ1) is 20.9. The molecule has 0 radical (unpaired) electrons. The highest BCUT2D eigenvalue weighted by Gasteiger charge is 2.20. The molecule has 158 valence electrons. The molecule has 6 heteroatoms. The molecule has 0 saturated heterocycles. The molecule has 1 fully saturated rings. The lowest BCUT2D eigenvalue weighted by Gasteiger charge is -2.20. The zero-order valence-electron chi connectivity index (χ0n) is 17.7. The average molecular weight is 425 g/mol. The predicted octanol–water partition coefficient (Wildman–Crippen LogP) is 5.84. The van der Waals surface area contributed by atoms with Gasteiger partial charge in [-0.25, -0.2) is 14.0 Å². The molecule has 1 saturated carbocycles. The van der Waals surface area contributed by atoms with Gasteiger partial charge in [0.1, 0.15) is 0 Å². The number of hydrogen-bond donors (Lipinski definition) is 0. The molecule has 0 atom stereocenters. The summed E-state index contributed by atoms with van der Waals surface area (Å²) in [6.07, 6.45) is 10.7. The minimum Gasteiger partial charge on any atom is -0.263 e. The van der Waals surface area contributed by atoms with Gasteiger partial charge in [0.05, 0.1) is 10.7 Å². The van der Waals surface area contributed by atoms with E-state index in [4.69, 9.17) is 16.7 Å². The molecular formula is C24H29ClN4O. The van der Waals surface area contributed by atoms with Crippen LogP contribution in [0.3, 0.4) is 0 Å². The third kappa shape index (κ3) is 4.36. The molecule has 0 unspecified atom stereocenters. The molecule has 0 N–H and O–H groups in total. The molecule has 2 aromatic heterocycles. The van der Waals surface area contributed by atoms with Crippen molar-refractivity contribution in [2.75, 3.05) is 0 Å². The number of benzene rings is 1. The van der Waals surface area contributed by atoms with Crippen LogP contribution in [0.25, 0.3) is 17.1 Å². The van der Waals surface area contributed by atoms with E-state index in [0.29, 0.717) is 34.8 Å². The van der Waals surface area contributed by atoms with Crippen molar-refractivity contribution in [2.45, 2.75) is 64.8 Å². The lowest BCUT2D eigenvalue weighted by molar-refractivity contribution is 0.317. The topological polar surface area (TPSA) is 52.7 Å². The van der Waals surface area contributed by atoms with Crippen LogP contribution in [0.2, 0.25) is 5.02 Å². The van der Waals surface area contributed by atoms with Gasteiger partial charge >= 0.3 is 5.69 Å². The Morgan fingerprint density at radius 2 is 1.83 bits per heavy atom. The highest BCUT2D eigenvalue weighted by atomic mass is 35.5. The maximum atomic E-state index is 13.4. The molecule has 1 aromatic carbocycles. The van der Waals surface area contributed by atoms with Gasteiger partial charge in [0.2, 0.25) is 0 Å². The van der Waals surface area contributed by atoms with E-state index in [0.717, 1.165) is 12.1 Å². The maximum Gasteiger partial charge on any atom is 0.350 e. The van der Waals surface area contributed by atoms with Crippen molar-refractivity contribution < 1.29 is 0 Å². The fourth-order valence-corrected chi connectivity index (χ4v) is 4.51. The molecule has 1 aliphatic rings. The van der Waals surface area contributed by atoms with E-state index in [-0.39, 0.29) is 5.69 Å². The van der Waals surface area contributed by atoms with Gasteiger partial charge in [-0.2, -0.15) is 0 Å². The Morgan fingerprint density at radius 1 is 1.10 bits per heavy atom. The van der Waals surface area contributed by atoms with Gasteiger partial charge < -0.3 is 0 Å². The van der Waals surface area contributed by atoms with E-state index in [1.807, 2.05) is 18.2 Å². The molecule has 0 bridgehead atoms. The molecule has 0 aliphatic heterocycles. The van der Waals surface area contributed by atoms with Gasteiger partial charge in [-0.05, 0) is 42.0 Å². The zero-order chi connectivity index (χ0) is 21.1. The first-order valence-corrected chi connectivity index (χ1v) is 11.3. The van der Waals surface area contributed by atoms with E-state index in [1.165, 1.54) is 37.7 Å². The quantitative estimate of drug-likeness (QED) is 0.499. The summed E-state index contributed by atoms with van der Waals surface area (Å²) in [5.74, 6) is 1.69. The Bertz CT molecular complexity index is 1050. The smallest absolute Gasteiger partial charge is 0.263 e. The van der Waals surface area contributed by atoms with E-state index in [2.05, 4.69) is 31.0 Å². The monoisotopic (exact) mass is 424 g/mol. The van der Waals surface area contributed by atoms with Crippen molar-refractivity contribution >= 4 is 11.6 Å². The average Bonchev–Trinajstić information content (AvgIpc) is 3.09. The van der Waals surface area contributed by atoms with E-state index < -0.39 is 0 Å². The summed E-state index contributed by atoms with van der Waals surface area (Å²) in [6, 6.07) is 9.94. The number of aryl methyl sites for hydroxylation is 1. The summed E-state index contributed by atoms with van der Waals surface area (Å²) in [6.45, 7) is 4.95. The third-order valence-corrected chi connectivity index (χ3v) is 6.45. The Hall–Kier alpha value is -2.40. The summed E-state index contributed by atoms with van der Waals surface area (Å²) in [4.78, 5) is 17.4. The molecule has 0 amide bonds. The Kier molecular flexibility index (Phi) is 6.38. The minimum atomic E-state index is -0.119. The van der Waals surface area contributed by atoms with Crippen LogP contribution in [0.1, 0.15) is 63.9 Å². The molecule has 2 heterocycles. The van der Waals surface area contributed by atoms with Crippen molar-refractivity contribution in [1.82, 2.24) is 19.3 Å². The van der Waals surface area contributed by atoms with Crippen molar-refractivity contribution in [1.29, 1.82) is 0 Å². The second-order valence-corrected chi connectivity index (χ2v) is 8.97. The highest BCUT2D eigenvalue weighted by Crippen LogP contribution is 2.28. The Balaban J connectivity index is 1.73. The normalized spacial score (nSPS) is 15.1. The second kappa shape index (κ2) is 9.17. The van der Waals surface area contributed by atoms with Crippen LogP contribution in [0.4, 0.5) is 0 Å². The Labute approximate surface area is 182 Å². The van der Waals surface area contributed by atoms with Gasteiger partial charge in [0.15, 0.2) is 5.82 Å². The third-order valence-electron chi connectivity index (χ3n) is 6.14. The van der Waals surface area contributed by atoms with Crippen molar-refractivity contribution in [3.05, 3.63) is 63.8 Å². The molecule has 5 nitrogen and oxygen atoms in total. The van der Waals surface area contributed by atoms with Crippen LogP contribution < -0.4 is 5.69 Å². The molecule has 4 rings (SSSR count). The standard InChI is InChI=1S/C24H29ClN4O/c1-17(2)19-8-10-20(11-9-19)29-23(21-12-14-26-16-22(21)25)27-28(24(29)30)15-13-18-6-4-3-5-7-18/h8-12,14,16-18H,3-7,13,15H2,1-2H3. The number of halogens is 1. The van der Waals surface area contributed by atoms with Crippen LogP contribution in [0.5, 0.6) is 0 Å². The van der Waals surface area contributed by atoms with Crippen LogP contribution in [0, 0.1) is 5.92 Å². The molecular weight excluding hydrogens is 396 g/mol. The van der Waals surface area contributed by atoms with Gasteiger partial charge in [0, 0.05) is 24.5 Å². The van der Waals surface area contributed by atoms with Gasteiger partial charge in [-0.3, -0.25) is 4.98 Å².